The van der Waals surface area contributed by atoms with Crippen molar-refractivity contribution in [3.63, 3.8) is 0 Å². The lowest BCUT2D eigenvalue weighted by Crippen LogP contribution is -3.15. The Morgan fingerprint density at radius 1 is 0.920 bits per heavy atom. The van der Waals surface area contributed by atoms with E-state index >= 15 is 0 Å². The van der Waals surface area contributed by atoms with Crippen LogP contribution in [0.2, 0.25) is 0 Å². The fourth-order valence-corrected chi connectivity index (χ4v) is 3.05. The molecule has 1 saturated heterocycles. The fraction of sp³-hybridized carbons (Fsp3) is 0.300. The van der Waals surface area contributed by atoms with Crippen molar-refractivity contribution < 1.29 is 14.5 Å². The molecule has 1 heterocycles. The summed E-state index contributed by atoms with van der Waals surface area (Å²) in [7, 11) is 0. The highest BCUT2D eigenvalue weighted by Crippen LogP contribution is 2.04. The van der Waals surface area contributed by atoms with Crippen LogP contribution in [0.15, 0.2) is 60.7 Å². The summed E-state index contributed by atoms with van der Waals surface area (Å²) in [5, 5.41) is 2.97. The first-order valence-corrected chi connectivity index (χ1v) is 8.71. The second kappa shape index (κ2) is 8.44. The van der Waals surface area contributed by atoms with Gasteiger partial charge in [-0.05, 0) is 17.7 Å². The lowest BCUT2D eigenvalue weighted by molar-refractivity contribution is -0.896. The molecule has 0 bridgehead atoms. The van der Waals surface area contributed by atoms with Gasteiger partial charge in [0.05, 0.1) is 26.2 Å². The summed E-state index contributed by atoms with van der Waals surface area (Å²) in [6.07, 6.45) is 0. The van der Waals surface area contributed by atoms with Crippen LogP contribution in [0.4, 0.5) is 0 Å². The molecular formula is C20H24N3O2+. The van der Waals surface area contributed by atoms with Crippen molar-refractivity contribution in [2.24, 2.45) is 0 Å². The monoisotopic (exact) mass is 338 g/mol. The molecule has 3 rings (SSSR count). The zero-order valence-corrected chi connectivity index (χ0v) is 14.3. The number of benzene rings is 2. The van der Waals surface area contributed by atoms with E-state index in [2.05, 4.69) is 5.32 Å². The van der Waals surface area contributed by atoms with Gasteiger partial charge in [0.25, 0.3) is 11.8 Å². The molecule has 0 aliphatic carbocycles. The second-order valence-corrected chi connectivity index (χ2v) is 6.35. The highest BCUT2D eigenvalue weighted by atomic mass is 16.2. The Kier molecular flexibility index (Phi) is 5.80. The van der Waals surface area contributed by atoms with E-state index in [1.54, 1.807) is 0 Å². The molecule has 2 aromatic rings. The van der Waals surface area contributed by atoms with E-state index in [9.17, 15) is 9.59 Å². The molecule has 1 aliphatic rings. The number of hydrogen-bond acceptors (Lipinski definition) is 2. The zero-order valence-electron chi connectivity index (χ0n) is 14.3. The maximum absolute atomic E-state index is 12.4. The molecule has 2 amide bonds. The molecule has 0 atom stereocenters. The highest BCUT2D eigenvalue weighted by molar-refractivity contribution is 5.94. The maximum Gasteiger partial charge on any atom is 0.275 e. The number of piperazine rings is 1. The first-order valence-electron chi connectivity index (χ1n) is 8.71. The van der Waals surface area contributed by atoms with E-state index in [0.29, 0.717) is 26.2 Å². The van der Waals surface area contributed by atoms with E-state index in [-0.39, 0.29) is 11.8 Å². The van der Waals surface area contributed by atoms with Gasteiger partial charge in [-0.15, -0.1) is 0 Å². The number of nitrogens with zero attached hydrogens (tertiary/aromatic N) is 1. The molecule has 0 saturated carbocycles. The standard InChI is InChI=1S/C20H23N3O2/c24-19(21-15-17-7-3-1-4-8-17)16-22-11-13-23(14-12-22)20(25)18-9-5-2-6-10-18/h1-10H,11-16H2,(H,21,24)/p+1. The number of nitrogens with one attached hydrogen (secondary N) is 2. The summed E-state index contributed by atoms with van der Waals surface area (Å²) in [5.74, 6) is 0.134. The van der Waals surface area contributed by atoms with Gasteiger partial charge in [-0.1, -0.05) is 48.5 Å². The van der Waals surface area contributed by atoms with Crippen LogP contribution < -0.4 is 10.2 Å². The number of carbonyl (C=O) groups is 2. The largest absolute Gasteiger partial charge is 0.347 e. The molecule has 5 heteroatoms. The van der Waals surface area contributed by atoms with Gasteiger partial charge in [0.2, 0.25) is 0 Å². The van der Waals surface area contributed by atoms with Gasteiger partial charge in [0.1, 0.15) is 0 Å². The predicted molar refractivity (Wildman–Crippen MR) is 96.2 cm³/mol. The summed E-state index contributed by atoms with van der Waals surface area (Å²) in [6.45, 7) is 4.00. The van der Waals surface area contributed by atoms with Crippen LogP contribution >= 0.6 is 0 Å². The third kappa shape index (κ3) is 4.90. The molecule has 1 aliphatic heterocycles. The fourth-order valence-electron chi connectivity index (χ4n) is 3.05. The van der Waals surface area contributed by atoms with Crippen molar-refractivity contribution in [1.82, 2.24) is 10.2 Å². The Labute approximate surface area is 148 Å². The molecule has 5 nitrogen and oxygen atoms in total. The van der Waals surface area contributed by atoms with Crippen LogP contribution in [0, 0.1) is 0 Å². The summed E-state index contributed by atoms with van der Waals surface area (Å²) in [4.78, 5) is 27.6. The normalized spacial score (nSPS) is 15.0. The summed E-state index contributed by atoms with van der Waals surface area (Å²) < 4.78 is 0. The van der Waals surface area contributed by atoms with Crippen molar-refractivity contribution in [3.05, 3.63) is 71.8 Å². The predicted octanol–water partition coefficient (Wildman–Crippen LogP) is 0.344. The lowest BCUT2D eigenvalue weighted by Gasteiger charge is -2.32. The molecule has 130 valence electrons. The molecule has 2 aromatic carbocycles. The molecule has 2 N–H and O–H groups in total. The van der Waals surface area contributed by atoms with E-state index in [1.807, 2.05) is 65.6 Å². The third-order valence-corrected chi connectivity index (χ3v) is 4.52. The Bertz CT molecular complexity index is 695. The minimum absolute atomic E-state index is 0.0571. The van der Waals surface area contributed by atoms with Crippen molar-refractivity contribution in [2.45, 2.75) is 6.54 Å². The number of hydrogen-bond donors (Lipinski definition) is 2. The lowest BCUT2D eigenvalue weighted by atomic mass is 10.2. The van der Waals surface area contributed by atoms with E-state index < -0.39 is 0 Å². The zero-order chi connectivity index (χ0) is 17.5. The highest BCUT2D eigenvalue weighted by Gasteiger charge is 2.25. The van der Waals surface area contributed by atoms with Crippen LogP contribution in [-0.2, 0) is 11.3 Å². The van der Waals surface area contributed by atoms with Crippen LogP contribution in [0.5, 0.6) is 0 Å². The Hall–Kier alpha value is -2.66. The number of quaternary nitrogens is 1. The molecule has 0 spiro atoms. The van der Waals surface area contributed by atoms with Gasteiger partial charge in [0.15, 0.2) is 6.54 Å². The van der Waals surface area contributed by atoms with Gasteiger partial charge in [0, 0.05) is 12.1 Å². The molecule has 0 radical (unpaired) electrons. The van der Waals surface area contributed by atoms with Crippen molar-refractivity contribution >= 4 is 11.8 Å². The average molecular weight is 338 g/mol. The first-order chi connectivity index (χ1) is 12.2. The van der Waals surface area contributed by atoms with Crippen LogP contribution in [0.3, 0.4) is 0 Å². The number of amides is 2. The third-order valence-electron chi connectivity index (χ3n) is 4.52. The van der Waals surface area contributed by atoms with Gasteiger partial charge in [-0.25, -0.2) is 0 Å². The number of rotatable bonds is 5. The Morgan fingerprint density at radius 2 is 1.52 bits per heavy atom. The number of carbonyl (C=O) groups excluding carboxylic acids is 2. The summed E-state index contributed by atoms with van der Waals surface area (Å²) in [6, 6.07) is 19.3. The molecule has 0 unspecified atom stereocenters. The second-order valence-electron chi connectivity index (χ2n) is 6.35. The Morgan fingerprint density at radius 3 is 2.16 bits per heavy atom. The molecule has 25 heavy (non-hydrogen) atoms. The van der Waals surface area contributed by atoms with Crippen molar-refractivity contribution in [1.29, 1.82) is 0 Å². The average Bonchev–Trinajstić information content (AvgIpc) is 2.68. The first kappa shape index (κ1) is 17.2. The topological polar surface area (TPSA) is 53.9 Å². The molecule has 1 fully saturated rings. The van der Waals surface area contributed by atoms with E-state index in [0.717, 1.165) is 24.2 Å². The van der Waals surface area contributed by atoms with Gasteiger partial charge in [-0.2, -0.15) is 0 Å². The van der Waals surface area contributed by atoms with Gasteiger partial charge in [-0.3, -0.25) is 9.59 Å². The molecular weight excluding hydrogens is 314 g/mol. The quantitative estimate of drug-likeness (QED) is 0.826. The van der Waals surface area contributed by atoms with Crippen LogP contribution in [0.1, 0.15) is 15.9 Å². The van der Waals surface area contributed by atoms with Gasteiger partial charge < -0.3 is 15.1 Å². The Balaban J connectivity index is 1.41. The minimum atomic E-state index is 0.0571. The van der Waals surface area contributed by atoms with Crippen LogP contribution in [-0.4, -0.2) is 49.4 Å². The van der Waals surface area contributed by atoms with E-state index in [4.69, 9.17) is 0 Å². The minimum Gasteiger partial charge on any atom is -0.347 e. The van der Waals surface area contributed by atoms with Gasteiger partial charge >= 0.3 is 0 Å². The SMILES string of the molecule is O=C(C[NH+]1CCN(C(=O)c2ccccc2)CC1)NCc1ccccc1. The van der Waals surface area contributed by atoms with Crippen LogP contribution in [0.25, 0.3) is 0 Å². The van der Waals surface area contributed by atoms with E-state index in [1.165, 1.54) is 4.90 Å². The summed E-state index contributed by atoms with van der Waals surface area (Å²) in [5.41, 5.74) is 1.83. The van der Waals surface area contributed by atoms with Crippen molar-refractivity contribution in [2.75, 3.05) is 32.7 Å². The maximum atomic E-state index is 12.4. The molecule has 0 aromatic heterocycles. The smallest absolute Gasteiger partial charge is 0.275 e. The van der Waals surface area contributed by atoms with Crippen molar-refractivity contribution in [3.8, 4) is 0 Å². The summed E-state index contributed by atoms with van der Waals surface area (Å²) >= 11 is 0.